The number of amides is 2. The molecule has 2 aromatic rings. The lowest BCUT2D eigenvalue weighted by Crippen LogP contribution is -2.36. The molecule has 0 atom stereocenters. The van der Waals surface area contributed by atoms with Gasteiger partial charge >= 0.3 is 6.03 Å². The van der Waals surface area contributed by atoms with E-state index in [9.17, 15) is 4.79 Å². The summed E-state index contributed by atoms with van der Waals surface area (Å²) in [7, 11) is 0. The van der Waals surface area contributed by atoms with Gasteiger partial charge in [-0.3, -0.25) is 4.90 Å². The van der Waals surface area contributed by atoms with E-state index in [0.717, 1.165) is 5.69 Å². The second kappa shape index (κ2) is 7.55. The predicted molar refractivity (Wildman–Crippen MR) is 90.0 cm³/mol. The minimum absolute atomic E-state index is 0.278. The number of carbonyl (C=O) groups excluding carboxylic acids is 1. The number of alkyl halides is 1. The molecular formula is C15H13Cl3N2O. The Morgan fingerprint density at radius 3 is 2.38 bits per heavy atom. The molecule has 0 saturated heterocycles. The number of nitrogens with one attached hydrogen (secondary N) is 1. The number of hydrogen-bond acceptors (Lipinski definition) is 1. The predicted octanol–water partition coefficient (Wildman–Crippen LogP) is 5.27. The summed E-state index contributed by atoms with van der Waals surface area (Å²) in [6.07, 6.45) is 0. The summed E-state index contributed by atoms with van der Waals surface area (Å²) in [5, 5.41) is 3.61. The normalized spacial score (nSPS) is 10.2. The van der Waals surface area contributed by atoms with Crippen molar-refractivity contribution in [3.63, 3.8) is 0 Å². The third-order valence-electron chi connectivity index (χ3n) is 2.79. The molecule has 0 unspecified atom stereocenters. The molecule has 110 valence electrons. The standard InChI is InChI=1S/C15H13Cl3N2O/c16-8-9-20(12-4-2-1-3-5-12)15(21)19-11-6-7-13(17)14(18)10-11/h1-7,10H,8-9H2,(H,19,21). The van der Waals surface area contributed by atoms with Gasteiger partial charge in [-0.2, -0.15) is 0 Å². The first kappa shape index (κ1) is 16.0. The highest BCUT2D eigenvalue weighted by atomic mass is 35.5. The maximum Gasteiger partial charge on any atom is 0.326 e. The number of hydrogen-bond donors (Lipinski definition) is 1. The lowest BCUT2D eigenvalue weighted by atomic mass is 10.3. The van der Waals surface area contributed by atoms with Gasteiger partial charge in [-0.25, -0.2) is 4.79 Å². The van der Waals surface area contributed by atoms with Crippen LogP contribution in [-0.2, 0) is 0 Å². The molecular weight excluding hydrogens is 331 g/mol. The molecule has 0 aromatic heterocycles. The molecule has 2 amide bonds. The van der Waals surface area contributed by atoms with E-state index in [-0.39, 0.29) is 6.03 Å². The van der Waals surface area contributed by atoms with Crippen molar-refractivity contribution >= 4 is 52.2 Å². The minimum Gasteiger partial charge on any atom is -0.307 e. The van der Waals surface area contributed by atoms with Gasteiger partial charge in [-0.1, -0.05) is 41.4 Å². The summed E-state index contributed by atoms with van der Waals surface area (Å²) in [6, 6.07) is 14.0. The number of urea groups is 1. The molecule has 0 saturated carbocycles. The fraction of sp³-hybridized carbons (Fsp3) is 0.133. The number of rotatable bonds is 4. The third kappa shape index (κ3) is 4.27. The van der Waals surface area contributed by atoms with Crippen LogP contribution in [0.25, 0.3) is 0 Å². The van der Waals surface area contributed by atoms with E-state index < -0.39 is 0 Å². The van der Waals surface area contributed by atoms with E-state index in [4.69, 9.17) is 34.8 Å². The first-order valence-electron chi connectivity index (χ1n) is 6.26. The van der Waals surface area contributed by atoms with Crippen molar-refractivity contribution in [3.8, 4) is 0 Å². The molecule has 6 heteroatoms. The van der Waals surface area contributed by atoms with Crippen LogP contribution in [0, 0.1) is 0 Å². The zero-order valence-corrected chi connectivity index (χ0v) is 13.3. The maximum atomic E-state index is 12.4. The monoisotopic (exact) mass is 342 g/mol. The van der Waals surface area contributed by atoms with Crippen LogP contribution in [0.1, 0.15) is 0 Å². The molecule has 0 aliphatic carbocycles. The van der Waals surface area contributed by atoms with Crippen LogP contribution >= 0.6 is 34.8 Å². The lowest BCUT2D eigenvalue weighted by Gasteiger charge is -2.22. The van der Waals surface area contributed by atoms with Gasteiger partial charge < -0.3 is 5.32 Å². The molecule has 3 nitrogen and oxygen atoms in total. The summed E-state index contributed by atoms with van der Waals surface area (Å²) < 4.78 is 0. The van der Waals surface area contributed by atoms with Gasteiger partial charge in [0.15, 0.2) is 0 Å². The van der Waals surface area contributed by atoms with Crippen LogP contribution < -0.4 is 10.2 Å². The van der Waals surface area contributed by atoms with Gasteiger partial charge in [0.1, 0.15) is 0 Å². The maximum absolute atomic E-state index is 12.4. The van der Waals surface area contributed by atoms with E-state index in [1.807, 2.05) is 30.3 Å². The molecule has 0 radical (unpaired) electrons. The highest BCUT2D eigenvalue weighted by Gasteiger charge is 2.15. The summed E-state index contributed by atoms with van der Waals surface area (Å²) >= 11 is 17.6. The molecule has 0 fully saturated rings. The molecule has 2 aromatic carbocycles. The van der Waals surface area contributed by atoms with E-state index in [2.05, 4.69) is 5.32 Å². The van der Waals surface area contributed by atoms with Crippen molar-refractivity contribution in [1.29, 1.82) is 0 Å². The van der Waals surface area contributed by atoms with Crippen molar-refractivity contribution in [2.75, 3.05) is 22.6 Å². The minimum atomic E-state index is -0.278. The highest BCUT2D eigenvalue weighted by molar-refractivity contribution is 6.42. The SMILES string of the molecule is O=C(Nc1ccc(Cl)c(Cl)c1)N(CCCl)c1ccccc1. The Labute approximate surface area is 138 Å². The van der Waals surface area contributed by atoms with Crippen LogP contribution in [0.3, 0.4) is 0 Å². The van der Waals surface area contributed by atoms with Crippen molar-refractivity contribution in [3.05, 3.63) is 58.6 Å². The average molecular weight is 344 g/mol. The van der Waals surface area contributed by atoms with Crippen LogP contribution in [0.15, 0.2) is 48.5 Å². The topological polar surface area (TPSA) is 32.3 Å². The van der Waals surface area contributed by atoms with Gasteiger partial charge in [-0.15, -0.1) is 11.6 Å². The second-order valence-electron chi connectivity index (χ2n) is 4.24. The van der Waals surface area contributed by atoms with E-state index >= 15 is 0 Å². The number of halogens is 3. The van der Waals surface area contributed by atoms with Gasteiger partial charge in [-0.05, 0) is 30.3 Å². The molecule has 21 heavy (non-hydrogen) atoms. The summed E-state index contributed by atoms with van der Waals surface area (Å²) in [6.45, 7) is 0.402. The quantitative estimate of drug-likeness (QED) is 0.753. The molecule has 0 bridgehead atoms. The number of nitrogens with zero attached hydrogens (tertiary/aromatic N) is 1. The van der Waals surface area contributed by atoms with Gasteiger partial charge in [0.2, 0.25) is 0 Å². The smallest absolute Gasteiger partial charge is 0.307 e. The van der Waals surface area contributed by atoms with Crippen molar-refractivity contribution in [2.45, 2.75) is 0 Å². The van der Waals surface area contributed by atoms with Crippen molar-refractivity contribution in [2.24, 2.45) is 0 Å². The number of para-hydroxylation sites is 1. The first-order chi connectivity index (χ1) is 10.1. The van der Waals surface area contributed by atoms with Crippen LogP contribution in [0.5, 0.6) is 0 Å². The Morgan fingerprint density at radius 1 is 1.05 bits per heavy atom. The Kier molecular flexibility index (Phi) is 5.74. The summed E-state index contributed by atoms with van der Waals surface area (Å²) in [5.74, 6) is 0.337. The highest BCUT2D eigenvalue weighted by Crippen LogP contribution is 2.25. The van der Waals surface area contributed by atoms with E-state index in [1.165, 1.54) is 0 Å². The van der Waals surface area contributed by atoms with Gasteiger partial charge in [0, 0.05) is 23.8 Å². The first-order valence-corrected chi connectivity index (χ1v) is 7.55. The lowest BCUT2D eigenvalue weighted by molar-refractivity contribution is 0.257. The number of anilines is 2. The molecule has 0 aliphatic rings. The van der Waals surface area contributed by atoms with Crippen molar-refractivity contribution in [1.82, 2.24) is 0 Å². The summed E-state index contributed by atoms with van der Waals surface area (Å²) in [5.41, 5.74) is 1.35. The van der Waals surface area contributed by atoms with Crippen LogP contribution in [0.4, 0.5) is 16.2 Å². The number of carbonyl (C=O) groups is 1. The largest absolute Gasteiger partial charge is 0.326 e. The Hall–Kier alpha value is -1.42. The van der Waals surface area contributed by atoms with E-state index in [1.54, 1.807) is 23.1 Å². The third-order valence-corrected chi connectivity index (χ3v) is 3.70. The second-order valence-corrected chi connectivity index (χ2v) is 5.43. The van der Waals surface area contributed by atoms with Crippen molar-refractivity contribution < 1.29 is 4.79 Å². The Morgan fingerprint density at radius 2 is 1.76 bits per heavy atom. The summed E-state index contributed by atoms with van der Waals surface area (Å²) in [4.78, 5) is 13.9. The zero-order valence-electron chi connectivity index (χ0n) is 11.0. The molecule has 0 aliphatic heterocycles. The average Bonchev–Trinajstić information content (AvgIpc) is 2.49. The number of benzene rings is 2. The van der Waals surface area contributed by atoms with Crippen LogP contribution in [0.2, 0.25) is 10.0 Å². The van der Waals surface area contributed by atoms with E-state index in [0.29, 0.717) is 28.2 Å². The molecule has 0 spiro atoms. The molecule has 1 N–H and O–H groups in total. The Bertz CT molecular complexity index is 620. The zero-order chi connectivity index (χ0) is 15.2. The van der Waals surface area contributed by atoms with Crippen LogP contribution in [-0.4, -0.2) is 18.5 Å². The van der Waals surface area contributed by atoms with Gasteiger partial charge in [0.25, 0.3) is 0 Å². The Balaban J connectivity index is 2.17. The molecule has 0 heterocycles. The van der Waals surface area contributed by atoms with Gasteiger partial charge in [0.05, 0.1) is 10.0 Å². The fourth-order valence-electron chi connectivity index (χ4n) is 1.81. The molecule has 2 rings (SSSR count). The fourth-order valence-corrected chi connectivity index (χ4v) is 2.27.